The number of H-pyrrole nitrogens is 1. The van der Waals surface area contributed by atoms with E-state index in [1.54, 1.807) is 6.20 Å². The summed E-state index contributed by atoms with van der Waals surface area (Å²) in [5.74, 6) is 1.55. The first-order valence-corrected chi connectivity index (χ1v) is 14.8. The molecule has 39 heavy (non-hydrogen) atoms. The summed E-state index contributed by atoms with van der Waals surface area (Å²) in [6.45, 7) is 9.69. The Kier molecular flexibility index (Phi) is 8.29. The fraction of sp³-hybridized carbons (Fsp3) is 0.552. The van der Waals surface area contributed by atoms with Crippen molar-refractivity contribution in [1.29, 1.82) is 0 Å². The fourth-order valence-electron chi connectivity index (χ4n) is 6.31. The third kappa shape index (κ3) is 6.38. The Morgan fingerprint density at radius 2 is 1.87 bits per heavy atom. The first-order chi connectivity index (χ1) is 19.1. The number of anilines is 1. The van der Waals surface area contributed by atoms with Crippen molar-refractivity contribution in [2.24, 2.45) is 5.92 Å². The molecule has 208 valence electrons. The SMILES string of the molecule is O=C(CN1CCC[C@@H](Nc2ncc(Cl)c(-c3c[nH]c4ccccc34)n2)C1)N1CCC(CN2CCNCC2)CC1. The molecule has 3 aromatic rings. The molecule has 9 nitrogen and oxygen atoms in total. The van der Waals surface area contributed by atoms with Crippen molar-refractivity contribution in [3.63, 3.8) is 0 Å². The van der Waals surface area contributed by atoms with Crippen LogP contribution in [-0.2, 0) is 4.79 Å². The molecule has 3 aliphatic heterocycles. The largest absolute Gasteiger partial charge is 0.360 e. The lowest BCUT2D eigenvalue weighted by Crippen LogP contribution is -2.50. The number of nitrogens with one attached hydrogen (secondary N) is 3. The van der Waals surface area contributed by atoms with E-state index >= 15 is 0 Å². The maximum absolute atomic E-state index is 13.2. The molecule has 0 radical (unpaired) electrons. The van der Waals surface area contributed by atoms with E-state index in [2.05, 4.69) is 41.4 Å². The number of aromatic amines is 1. The Hall–Kier alpha value is -2.72. The molecular weight excluding hydrogens is 512 g/mol. The van der Waals surface area contributed by atoms with Gasteiger partial charge in [-0.15, -0.1) is 0 Å². The number of rotatable bonds is 7. The number of benzene rings is 1. The van der Waals surface area contributed by atoms with Gasteiger partial charge in [-0.1, -0.05) is 29.8 Å². The van der Waals surface area contributed by atoms with Gasteiger partial charge in [0.05, 0.1) is 23.5 Å². The van der Waals surface area contributed by atoms with Gasteiger partial charge in [-0.3, -0.25) is 9.69 Å². The number of likely N-dealkylation sites (tertiary alicyclic amines) is 2. The highest BCUT2D eigenvalue weighted by Gasteiger charge is 2.28. The number of amides is 1. The van der Waals surface area contributed by atoms with Gasteiger partial charge in [0.2, 0.25) is 11.9 Å². The quantitative estimate of drug-likeness (QED) is 0.416. The van der Waals surface area contributed by atoms with Gasteiger partial charge >= 0.3 is 0 Å². The minimum absolute atomic E-state index is 0.188. The van der Waals surface area contributed by atoms with Crippen LogP contribution in [0.5, 0.6) is 0 Å². The maximum atomic E-state index is 13.2. The molecular formula is C29H39ClN8O. The molecule has 3 N–H and O–H groups in total. The lowest BCUT2D eigenvalue weighted by Gasteiger charge is -2.38. The lowest BCUT2D eigenvalue weighted by molar-refractivity contribution is -0.134. The minimum Gasteiger partial charge on any atom is -0.360 e. The first kappa shape index (κ1) is 26.5. The zero-order chi connectivity index (χ0) is 26.6. The molecule has 3 aliphatic rings. The summed E-state index contributed by atoms with van der Waals surface area (Å²) in [6.07, 6.45) is 7.92. The van der Waals surface area contributed by atoms with Crippen molar-refractivity contribution < 1.29 is 4.79 Å². The van der Waals surface area contributed by atoms with Crippen LogP contribution in [0.25, 0.3) is 22.2 Å². The van der Waals surface area contributed by atoms with Crippen LogP contribution in [0.3, 0.4) is 0 Å². The van der Waals surface area contributed by atoms with E-state index in [1.807, 2.05) is 24.4 Å². The second-order valence-corrected chi connectivity index (χ2v) is 11.6. The number of para-hydroxylation sites is 1. The third-order valence-electron chi connectivity index (χ3n) is 8.48. The standard InChI is InChI=1S/C29H39ClN8O/c30-25-17-33-29(35-28(25)24-16-32-26-6-2-1-5-23(24)26)34-22-4-3-11-37(19-22)20-27(39)38-12-7-21(8-13-38)18-36-14-9-31-10-15-36/h1-2,5-6,16-17,21-22,31-32H,3-4,7-15,18-20H2,(H,33,34,35)/t22-/m1/s1. The van der Waals surface area contributed by atoms with Gasteiger partial charge in [0.1, 0.15) is 0 Å². The van der Waals surface area contributed by atoms with Crippen LogP contribution >= 0.6 is 11.6 Å². The smallest absolute Gasteiger partial charge is 0.236 e. The van der Waals surface area contributed by atoms with Crippen LogP contribution in [0, 0.1) is 5.92 Å². The van der Waals surface area contributed by atoms with Crippen LogP contribution in [0.15, 0.2) is 36.7 Å². The van der Waals surface area contributed by atoms with E-state index in [0.717, 1.165) is 100 Å². The molecule has 2 aromatic heterocycles. The number of piperidine rings is 2. The highest BCUT2D eigenvalue weighted by Crippen LogP contribution is 2.32. The summed E-state index contributed by atoms with van der Waals surface area (Å²) < 4.78 is 0. The Bertz CT molecular complexity index is 1270. The number of aromatic nitrogens is 3. The Morgan fingerprint density at radius 1 is 1.05 bits per heavy atom. The number of carbonyl (C=O) groups excluding carboxylic acids is 1. The normalized spacial score (nSPS) is 21.9. The topological polar surface area (TPSA) is 92.4 Å². The second-order valence-electron chi connectivity index (χ2n) is 11.2. The van der Waals surface area contributed by atoms with E-state index in [4.69, 9.17) is 16.6 Å². The predicted molar refractivity (Wildman–Crippen MR) is 156 cm³/mol. The minimum atomic E-state index is 0.188. The fourth-order valence-corrected chi connectivity index (χ4v) is 6.50. The number of fused-ring (bicyclic) bond motifs is 1. The highest BCUT2D eigenvalue weighted by atomic mass is 35.5. The monoisotopic (exact) mass is 550 g/mol. The van der Waals surface area contributed by atoms with Gasteiger partial charge in [0.25, 0.3) is 0 Å². The van der Waals surface area contributed by atoms with Crippen molar-refractivity contribution in [2.75, 3.05) is 70.8 Å². The summed E-state index contributed by atoms with van der Waals surface area (Å²) in [7, 11) is 0. The molecule has 3 saturated heterocycles. The van der Waals surface area contributed by atoms with Crippen LogP contribution in [0.1, 0.15) is 25.7 Å². The van der Waals surface area contributed by atoms with Crippen LogP contribution in [-0.4, -0.2) is 107 Å². The number of carbonyl (C=O) groups is 1. The van der Waals surface area contributed by atoms with Gasteiger partial charge in [-0.05, 0) is 44.2 Å². The average Bonchev–Trinajstić information content (AvgIpc) is 3.39. The van der Waals surface area contributed by atoms with Crippen LogP contribution < -0.4 is 10.6 Å². The molecule has 1 aromatic carbocycles. The number of halogens is 1. The van der Waals surface area contributed by atoms with Gasteiger partial charge < -0.3 is 25.4 Å². The molecule has 10 heteroatoms. The predicted octanol–water partition coefficient (Wildman–Crippen LogP) is 3.30. The third-order valence-corrected chi connectivity index (χ3v) is 8.76. The Labute approximate surface area is 235 Å². The highest BCUT2D eigenvalue weighted by molar-refractivity contribution is 6.33. The molecule has 1 atom stereocenters. The molecule has 0 unspecified atom stereocenters. The lowest BCUT2D eigenvalue weighted by atomic mass is 9.95. The number of hydrogen-bond acceptors (Lipinski definition) is 7. The van der Waals surface area contributed by atoms with E-state index in [-0.39, 0.29) is 11.9 Å². The first-order valence-electron chi connectivity index (χ1n) is 14.4. The maximum Gasteiger partial charge on any atom is 0.236 e. The van der Waals surface area contributed by atoms with Crippen molar-refractivity contribution >= 4 is 34.4 Å². The van der Waals surface area contributed by atoms with Crippen molar-refractivity contribution in [3.8, 4) is 11.3 Å². The summed E-state index contributed by atoms with van der Waals surface area (Å²) in [5, 5.41) is 8.56. The molecule has 0 saturated carbocycles. The molecule has 1 amide bonds. The number of piperazine rings is 1. The summed E-state index contributed by atoms with van der Waals surface area (Å²) in [6, 6.07) is 8.32. The Morgan fingerprint density at radius 3 is 2.72 bits per heavy atom. The zero-order valence-electron chi connectivity index (χ0n) is 22.5. The zero-order valence-corrected chi connectivity index (χ0v) is 23.3. The van der Waals surface area contributed by atoms with Crippen LogP contribution in [0.4, 0.5) is 5.95 Å². The summed E-state index contributed by atoms with van der Waals surface area (Å²) >= 11 is 6.52. The van der Waals surface area contributed by atoms with E-state index in [9.17, 15) is 4.79 Å². The van der Waals surface area contributed by atoms with Gasteiger partial charge in [0.15, 0.2) is 0 Å². The van der Waals surface area contributed by atoms with Gasteiger partial charge in [-0.2, -0.15) is 0 Å². The summed E-state index contributed by atoms with van der Waals surface area (Å²) in [5.41, 5.74) is 2.73. The molecule has 3 fully saturated rings. The molecule has 0 aliphatic carbocycles. The average molecular weight is 551 g/mol. The molecule has 0 spiro atoms. The number of hydrogen-bond donors (Lipinski definition) is 3. The summed E-state index contributed by atoms with van der Waals surface area (Å²) in [4.78, 5) is 32.7. The molecule has 6 rings (SSSR count). The van der Waals surface area contributed by atoms with E-state index in [1.165, 1.54) is 6.54 Å². The molecule has 5 heterocycles. The van der Waals surface area contributed by atoms with Crippen molar-refractivity contribution in [3.05, 3.63) is 41.7 Å². The van der Waals surface area contributed by atoms with Crippen LogP contribution in [0.2, 0.25) is 5.02 Å². The van der Waals surface area contributed by atoms with Crippen molar-refractivity contribution in [1.82, 2.24) is 35.0 Å². The molecule has 0 bridgehead atoms. The number of nitrogens with zero attached hydrogens (tertiary/aromatic N) is 5. The van der Waals surface area contributed by atoms with Gasteiger partial charge in [0, 0.05) is 81.1 Å². The second kappa shape index (κ2) is 12.2. The van der Waals surface area contributed by atoms with Gasteiger partial charge in [-0.25, -0.2) is 9.97 Å². The Balaban J connectivity index is 1.02. The van der Waals surface area contributed by atoms with E-state index in [0.29, 0.717) is 23.4 Å². The van der Waals surface area contributed by atoms with Crippen molar-refractivity contribution in [2.45, 2.75) is 31.7 Å². The van der Waals surface area contributed by atoms with E-state index < -0.39 is 0 Å².